The van der Waals surface area contributed by atoms with E-state index in [-0.39, 0.29) is 11.1 Å². The van der Waals surface area contributed by atoms with Gasteiger partial charge in [0.15, 0.2) is 11.5 Å². The minimum atomic E-state index is -0.845. The summed E-state index contributed by atoms with van der Waals surface area (Å²) < 4.78 is 5.14. The van der Waals surface area contributed by atoms with Gasteiger partial charge in [0.25, 0.3) is 0 Å². The first-order valence-electron chi connectivity index (χ1n) is 7.71. The molecule has 2 aromatic carbocycles. The van der Waals surface area contributed by atoms with Gasteiger partial charge in [0.2, 0.25) is 0 Å². The molecule has 0 amide bonds. The second-order valence-corrected chi connectivity index (χ2v) is 7.32. The van der Waals surface area contributed by atoms with Gasteiger partial charge in [-0.3, -0.25) is 9.69 Å². The van der Waals surface area contributed by atoms with E-state index < -0.39 is 12.0 Å². The number of hydrogen-bond acceptors (Lipinski definition) is 5. The quantitative estimate of drug-likeness (QED) is 0.824. The number of ether oxygens (including phenoxy) is 1. The Kier molecular flexibility index (Phi) is 5.42. The molecule has 0 bridgehead atoms. The highest BCUT2D eigenvalue weighted by Crippen LogP contribution is 2.43. The van der Waals surface area contributed by atoms with E-state index in [1.807, 2.05) is 23.1 Å². The summed E-state index contributed by atoms with van der Waals surface area (Å²) in [5.41, 5.74) is 1.85. The van der Waals surface area contributed by atoms with E-state index in [9.17, 15) is 15.0 Å². The Labute approximate surface area is 155 Å². The largest absolute Gasteiger partial charge is 0.504 e. The lowest BCUT2D eigenvalue weighted by Gasteiger charge is -2.27. The van der Waals surface area contributed by atoms with Gasteiger partial charge in [0.1, 0.15) is 6.04 Å². The van der Waals surface area contributed by atoms with Crippen LogP contribution < -0.4 is 4.74 Å². The molecule has 2 atom stereocenters. The molecule has 1 aliphatic heterocycles. The molecular weight excluding hydrogens is 362 g/mol. The number of halogens is 1. The van der Waals surface area contributed by atoms with E-state index in [0.717, 1.165) is 11.1 Å². The third kappa shape index (κ3) is 3.86. The van der Waals surface area contributed by atoms with Crippen molar-refractivity contribution >= 4 is 29.3 Å². The van der Waals surface area contributed by atoms with Crippen LogP contribution in [-0.2, 0) is 11.3 Å². The monoisotopic (exact) mass is 379 g/mol. The normalized spacial score (nSPS) is 20.6. The number of phenols is 1. The molecule has 3 rings (SSSR count). The number of thioether (sulfide) groups is 1. The van der Waals surface area contributed by atoms with E-state index in [0.29, 0.717) is 23.1 Å². The minimum Gasteiger partial charge on any atom is -0.504 e. The van der Waals surface area contributed by atoms with Crippen molar-refractivity contribution in [1.29, 1.82) is 0 Å². The zero-order chi connectivity index (χ0) is 18.0. The van der Waals surface area contributed by atoms with Crippen LogP contribution in [0.2, 0.25) is 5.02 Å². The summed E-state index contributed by atoms with van der Waals surface area (Å²) >= 11 is 7.69. The number of phenolic OH excluding ortho intramolecular Hbond substituents is 1. The molecule has 2 aromatic rings. The number of aliphatic carboxylic acids is 1. The SMILES string of the molecule is COc1cc(CN2C(C(=O)O)CSC2c2cccc(Cl)c2)ccc1O. The van der Waals surface area contributed by atoms with Crippen LogP contribution in [-0.4, -0.2) is 40.0 Å². The summed E-state index contributed by atoms with van der Waals surface area (Å²) in [6, 6.07) is 12.0. The highest BCUT2D eigenvalue weighted by atomic mass is 35.5. The van der Waals surface area contributed by atoms with Gasteiger partial charge in [-0.1, -0.05) is 29.8 Å². The van der Waals surface area contributed by atoms with E-state index in [1.165, 1.54) is 7.11 Å². The van der Waals surface area contributed by atoms with Gasteiger partial charge in [-0.15, -0.1) is 11.8 Å². The number of carboxylic acid groups (broad SMARTS) is 1. The fourth-order valence-corrected chi connectivity index (χ4v) is 4.57. The molecule has 1 saturated heterocycles. The van der Waals surface area contributed by atoms with Crippen LogP contribution in [0.3, 0.4) is 0 Å². The van der Waals surface area contributed by atoms with Crippen molar-refractivity contribution in [3.05, 3.63) is 58.6 Å². The number of carbonyl (C=O) groups is 1. The highest BCUT2D eigenvalue weighted by Gasteiger charge is 2.39. The molecule has 0 radical (unpaired) electrons. The predicted octanol–water partition coefficient (Wildman–Crippen LogP) is 3.76. The summed E-state index contributed by atoms with van der Waals surface area (Å²) in [5.74, 6) is 0.0865. The molecule has 5 nitrogen and oxygen atoms in total. The molecule has 1 heterocycles. The summed E-state index contributed by atoms with van der Waals surface area (Å²) in [4.78, 5) is 13.6. The van der Waals surface area contributed by atoms with Crippen LogP contribution in [0.5, 0.6) is 11.5 Å². The Morgan fingerprint density at radius 3 is 2.84 bits per heavy atom. The summed E-state index contributed by atoms with van der Waals surface area (Å²) in [6.07, 6.45) is 0. The minimum absolute atomic E-state index is 0.0585. The third-order valence-electron chi connectivity index (χ3n) is 4.14. The zero-order valence-corrected chi connectivity index (χ0v) is 15.1. The van der Waals surface area contributed by atoms with Crippen molar-refractivity contribution in [2.24, 2.45) is 0 Å². The number of aromatic hydroxyl groups is 1. The summed E-state index contributed by atoms with van der Waals surface area (Å²) in [6.45, 7) is 0.428. The maximum Gasteiger partial charge on any atom is 0.321 e. The van der Waals surface area contributed by atoms with Crippen LogP contribution in [0.1, 0.15) is 16.5 Å². The van der Waals surface area contributed by atoms with Gasteiger partial charge >= 0.3 is 5.97 Å². The molecule has 7 heteroatoms. The first kappa shape index (κ1) is 17.9. The molecule has 25 heavy (non-hydrogen) atoms. The standard InChI is InChI=1S/C18H18ClNO4S/c1-24-16-7-11(5-6-15(16)21)9-20-14(18(22)23)10-25-17(20)12-3-2-4-13(19)8-12/h2-8,14,17,21H,9-10H2,1H3,(H,22,23). The van der Waals surface area contributed by atoms with Crippen molar-refractivity contribution in [3.8, 4) is 11.5 Å². The van der Waals surface area contributed by atoms with Gasteiger partial charge in [0.05, 0.1) is 12.5 Å². The summed E-state index contributed by atoms with van der Waals surface area (Å²) in [7, 11) is 1.49. The lowest BCUT2D eigenvalue weighted by Crippen LogP contribution is -2.38. The highest BCUT2D eigenvalue weighted by molar-refractivity contribution is 7.99. The van der Waals surface area contributed by atoms with Gasteiger partial charge in [-0.25, -0.2) is 0 Å². The van der Waals surface area contributed by atoms with E-state index in [2.05, 4.69) is 0 Å². The number of hydrogen-bond donors (Lipinski definition) is 2. The molecule has 0 saturated carbocycles. The Morgan fingerprint density at radius 1 is 1.36 bits per heavy atom. The Hall–Kier alpha value is -1.89. The molecular formula is C18H18ClNO4S. The van der Waals surface area contributed by atoms with Gasteiger partial charge in [0, 0.05) is 17.3 Å². The molecule has 0 aliphatic carbocycles. The Morgan fingerprint density at radius 2 is 2.16 bits per heavy atom. The molecule has 0 aromatic heterocycles. The molecule has 132 valence electrons. The predicted molar refractivity (Wildman–Crippen MR) is 98.3 cm³/mol. The fraction of sp³-hybridized carbons (Fsp3) is 0.278. The first-order chi connectivity index (χ1) is 12.0. The Bertz CT molecular complexity index is 785. The van der Waals surface area contributed by atoms with Crippen LogP contribution in [0.4, 0.5) is 0 Å². The second kappa shape index (κ2) is 7.56. The summed E-state index contributed by atoms with van der Waals surface area (Å²) in [5, 5.41) is 19.9. The van der Waals surface area contributed by atoms with Crippen LogP contribution in [0.15, 0.2) is 42.5 Å². The van der Waals surface area contributed by atoms with Crippen molar-refractivity contribution in [1.82, 2.24) is 4.90 Å². The lowest BCUT2D eigenvalue weighted by atomic mass is 10.1. The smallest absolute Gasteiger partial charge is 0.321 e. The van der Waals surface area contributed by atoms with Crippen molar-refractivity contribution in [2.45, 2.75) is 18.0 Å². The molecule has 0 spiro atoms. The number of methoxy groups -OCH3 is 1. The van der Waals surface area contributed by atoms with Crippen molar-refractivity contribution in [2.75, 3.05) is 12.9 Å². The van der Waals surface area contributed by atoms with Gasteiger partial charge < -0.3 is 14.9 Å². The number of rotatable bonds is 5. The van der Waals surface area contributed by atoms with Crippen LogP contribution in [0, 0.1) is 0 Å². The van der Waals surface area contributed by atoms with E-state index in [4.69, 9.17) is 16.3 Å². The number of benzene rings is 2. The third-order valence-corrected chi connectivity index (χ3v) is 5.74. The molecule has 1 fully saturated rings. The average Bonchev–Trinajstić information content (AvgIpc) is 3.00. The first-order valence-corrected chi connectivity index (χ1v) is 9.13. The lowest BCUT2D eigenvalue weighted by molar-refractivity contribution is -0.142. The van der Waals surface area contributed by atoms with Gasteiger partial charge in [-0.05, 0) is 35.4 Å². The van der Waals surface area contributed by atoms with Crippen LogP contribution >= 0.6 is 23.4 Å². The molecule has 2 N–H and O–H groups in total. The van der Waals surface area contributed by atoms with Crippen LogP contribution in [0.25, 0.3) is 0 Å². The van der Waals surface area contributed by atoms with Crippen molar-refractivity contribution < 1.29 is 19.7 Å². The average molecular weight is 380 g/mol. The zero-order valence-electron chi connectivity index (χ0n) is 13.6. The van der Waals surface area contributed by atoms with Crippen molar-refractivity contribution in [3.63, 3.8) is 0 Å². The molecule has 1 aliphatic rings. The maximum atomic E-state index is 11.7. The fourth-order valence-electron chi connectivity index (χ4n) is 2.92. The van der Waals surface area contributed by atoms with E-state index >= 15 is 0 Å². The maximum absolute atomic E-state index is 11.7. The molecule has 2 unspecified atom stereocenters. The van der Waals surface area contributed by atoms with E-state index in [1.54, 1.807) is 36.0 Å². The Balaban J connectivity index is 1.91. The van der Waals surface area contributed by atoms with Gasteiger partial charge in [-0.2, -0.15) is 0 Å². The number of carboxylic acids is 1. The topological polar surface area (TPSA) is 70.0 Å². The second-order valence-electron chi connectivity index (χ2n) is 5.77. The number of nitrogens with zero attached hydrogens (tertiary/aromatic N) is 1.